The first-order valence-corrected chi connectivity index (χ1v) is 6.32. The fourth-order valence-corrected chi connectivity index (χ4v) is 2.25. The molecule has 2 rings (SSSR count). The van der Waals surface area contributed by atoms with Gasteiger partial charge in [0, 0.05) is 18.3 Å². The average molecular weight is 229 g/mol. The van der Waals surface area contributed by atoms with E-state index in [1.165, 1.54) is 12.8 Å². The van der Waals surface area contributed by atoms with Crippen molar-refractivity contribution in [3.8, 4) is 6.07 Å². The summed E-state index contributed by atoms with van der Waals surface area (Å²) in [5, 5.41) is 9.29. The van der Waals surface area contributed by atoms with Crippen LogP contribution < -0.4 is 4.90 Å². The van der Waals surface area contributed by atoms with Crippen molar-refractivity contribution in [3.05, 3.63) is 22.9 Å². The second kappa shape index (κ2) is 4.75. The summed E-state index contributed by atoms with van der Waals surface area (Å²) in [6.07, 6.45) is 3.56. The van der Waals surface area contributed by atoms with Crippen LogP contribution >= 0.6 is 0 Å². The molecule has 1 heterocycles. The smallest absolute Gasteiger partial charge is 0.147 e. The molecule has 90 valence electrons. The SMILES string of the molecule is CCCN(c1nc(C)cc(C)c1C#N)C1CC1. The number of hydrogen-bond acceptors (Lipinski definition) is 3. The van der Waals surface area contributed by atoms with Crippen molar-refractivity contribution in [2.45, 2.75) is 46.1 Å². The van der Waals surface area contributed by atoms with E-state index in [0.29, 0.717) is 6.04 Å². The molecule has 0 spiro atoms. The standard InChI is InChI=1S/C14H19N3/c1-4-7-17(12-5-6-12)14-13(9-15)10(2)8-11(3)16-14/h8,12H,4-7H2,1-3H3. The zero-order chi connectivity index (χ0) is 12.4. The van der Waals surface area contributed by atoms with Gasteiger partial charge in [0.15, 0.2) is 0 Å². The van der Waals surface area contributed by atoms with E-state index >= 15 is 0 Å². The average Bonchev–Trinajstić information content (AvgIpc) is 3.08. The lowest BCUT2D eigenvalue weighted by molar-refractivity contribution is 0.746. The molecule has 3 heteroatoms. The van der Waals surface area contributed by atoms with Gasteiger partial charge < -0.3 is 4.90 Å². The molecule has 0 aromatic carbocycles. The summed E-state index contributed by atoms with van der Waals surface area (Å²) in [5.41, 5.74) is 2.78. The van der Waals surface area contributed by atoms with Crippen LogP contribution in [0.5, 0.6) is 0 Å². The number of aryl methyl sites for hydroxylation is 2. The molecule has 1 aromatic rings. The molecule has 0 N–H and O–H groups in total. The molecule has 1 aliphatic rings. The van der Waals surface area contributed by atoms with Gasteiger partial charge in [0.25, 0.3) is 0 Å². The first-order chi connectivity index (χ1) is 8.17. The number of nitriles is 1. The van der Waals surface area contributed by atoms with E-state index in [1.54, 1.807) is 0 Å². The number of aromatic nitrogens is 1. The largest absolute Gasteiger partial charge is 0.353 e. The predicted molar refractivity (Wildman–Crippen MR) is 69.1 cm³/mol. The molecule has 1 aliphatic carbocycles. The van der Waals surface area contributed by atoms with Crippen LogP contribution in [0.3, 0.4) is 0 Å². The highest BCUT2D eigenvalue weighted by atomic mass is 15.2. The Bertz CT molecular complexity index is 455. The van der Waals surface area contributed by atoms with Crippen LogP contribution in [0.25, 0.3) is 0 Å². The van der Waals surface area contributed by atoms with Gasteiger partial charge >= 0.3 is 0 Å². The molecule has 0 unspecified atom stereocenters. The van der Waals surface area contributed by atoms with Gasteiger partial charge in [0.1, 0.15) is 11.9 Å². The molecule has 3 nitrogen and oxygen atoms in total. The highest BCUT2D eigenvalue weighted by Crippen LogP contribution is 2.33. The van der Waals surface area contributed by atoms with Crippen molar-refractivity contribution in [2.24, 2.45) is 0 Å². The van der Waals surface area contributed by atoms with Crippen LogP contribution in [-0.4, -0.2) is 17.6 Å². The van der Waals surface area contributed by atoms with Crippen LogP contribution in [0.2, 0.25) is 0 Å². The van der Waals surface area contributed by atoms with E-state index in [0.717, 1.165) is 35.6 Å². The van der Waals surface area contributed by atoms with Crippen LogP contribution in [0.15, 0.2) is 6.07 Å². The van der Waals surface area contributed by atoms with Gasteiger partial charge in [0.2, 0.25) is 0 Å². The van der Waals surface area contributed by atoms with E-state index < -0.39 is 0 Å². The van der Waals surface area contributed by atoms with E-state index in [2.05, 4.69) is 22.9 Å². The summed E-state index contributed by atoms with van der Waals surface area (Å²) >= 11 is 0. The first kappa shape index (κ1) is 11.9. The van der Waals surface area contributed by atoms with Crippen molar-refractivity contribution in [1.29, 1.82) is 5.26 Å². The molecular weight excluding hydrogens is 210 g/mol. The Labute approximate surface area is 103 Å². The highest BCUT2D eigenvalue weighted by Gasteiger charge is 2.31. The lowest BCUT2D eigenvalue weighted by atomic mass is 10.1. The van der Waals surface area contributed by atoms with Crippen molar-refractivity contribution in [2.75, 3.05) is 11.4 Å². The third-order valence-corrected chi connectivity index (χ3v) is 3.16. The summed E-state index contributed by atoms with van der Waals surface area (Å²) < 4.78 is 0. The Morgan fingerprint density at radius 1 is 1.47 bits per heavy atom. The molecule has 1 saturated carbocycles. The Morgan fingerprint density at radius 3 is 2.71 bits per heavy atom. The fourth-order valence-electron chi connectivity index (χ4n) is 2.25. The molecule has 0 aliphatic heterocycles. The van der Waals surface area contributed by atoms with Crippen molar-refractivity contribution in [1.82, 2.24) is 4.98 Å². The molecule has 17 heavy (non-hydrogen) atoms. The third-order valence-electron chi connectivity index (χ3n) is 3.16. The summed E-state index contributed by atoms with van der Waals surface area (Å²) in [6, 6.07) is 4.90. The summed E-state index contributed by atoms with van der Waals surface area (Å²) in [6.45, 7) is 7.15. The minimum Gasteiger partial charge on any atom is -0.353 e. The Kier molecular flexibility index (Phi) is 3.33. The Morgan fingerprint density at radius 2 is 2.18 bits per heavy atom. The third kappa shape index (κ3) is 2.41. The lowest BCUT2D eigenvalue weighted by Gasteiger charge is -2.24. The maximum Gasteiger partial charge on any atom is 0.147 e. The van der Waals surface area contributed by atoms with Gasteiger partial charge in [-0.25, -0.2) is 4.98 Å². The van der Waals surface area contributed by atoms with Gasteiger partial charge in [-0.2, -0.15) is 5.26 Å². The molecule has 0 amide bonds. The van der Waals surface area contributed by atoms with Gasteiger partial charge in [-0.3, -0.25) is 0 Å². The molecule has 0 atom stereocenters. The zero-order valence-corrected chi connectivity index (χ0v) is 10.8. The zero-order valence-electron chi connectivity index (χ0n) is 10.8. The molecule has 0 saturated heterocycles. The number of hydrogen-bond donors (Lipinski definition) is 0. The quantitative estimate of drug-likeness (QED) is 0.797. The molecule has 0 radical (unpaired) electrons. The van der Waals surface area contributed by atoms with Crippen molar-refractivity contribution >= 4 is 5.82 Å². The number of nitrogens with zero attached hydrogens (tertiary/aromatic N) is 3. The molecule has 1 fully saturated rings. The van der Waals surface area contributed by atoms with Crippen LogP contribution in [0.4, 0.5) is 5.82 Å². The first-order valence-electron chi connectivity index (χ1n) is 6.32. The monoisotopic (exact) mass is 229 g/mol. The van der Waals surface area contributed by atoms with E-state index in [9.17, 15) is 5.26 Å². The predicted octanol–water partition coefficient (Wildman–Crippen LogP) is 2.95. The van der Waals surface area contributed by atoms with Gasteiger partial charge in [0.05, 0.1) is 5.56 Å². The number of rotatable bonds is 4. The number of pyridine rings is 1. The molecular formula is C14H19N3. The van der Waals surface area contributed by atoms with Gasteiger partial charge in [-0.1, -0.05) is 6.92 Å². The summed E-state index contributed by atoms with van der Waals surface area (Å²) in [7, 11) is 0. The lowest BCUT2D eigenvalue weighted by Crippen LogP contribution is -2.28. The summed E-state index contributed by atoms with van der Waals surface area (Å²) in [5.74, 6) is 0.898. The number of anilines is 1. The van der Waals surface area contributed by atoms with Crippen molar-refractivity contribution in [3.63, 3.8) is 0 Å². The Balaban J connectivity index is 2.44. The fraction of sp³-hybridized carbons (Fsp3) is 0.571. The maximum atomic E-state index is 9.29. The van der Waals surface area contributed by atoms with E-state index in [-0.39, 0.29) is 0 Å². The second-order valence-electron chi connectivity index (χ2n) is 4.82. The van der Waals surface area contributed by atoms with Gasteiger partial charge in [-0.05, 0) is 44.7 Å². The molecule has 0 bridgehead atoms. The Hall–Kier alpha value is -1.56. The van der Waals surface area contributed by atoms with Crippen molar-refractivity contribution < 1.29 is 0 Å². The highest BCUT2D eigenvalue weighted by molar-refractivity contribution is 5.59. The molecule has 1 aromatic heterocycles. The van der Waals surface area contributed by atoms with Crippen LogP contribution in [-0.2, 0) is 0 Å². The topological polar surface area (TPSA) is 39.9 Å². The van der Waals surface area contributed by atoms with E-state index in [1.807, 2.05) is 19.9 Å². The minimum atomic E-state index is 0.607. The van der Waals surface area contributed by atoms with Gasteiger partial charge in [-0.15, -0.1) is 0 Å². The maximum absolute atomic E-state index is 9.29. The van der Waals surface area contributed by atoms with Crippen LogP contribution in [0, 0.1) is 25.2 Å². The summed E-state index contributed by atoms with van der Waals surface area (Å²) in [4.78, 5) is 6.91. The second-order valence-corrected chi connectivity index (χ2v) is 4.82. The van der Waals surface area contributed by atoms with E-state index in [4.69, 9.17) is 0 Å². The van der Waals surface area contributed by atoms with Crippen LogP contribution in [0.1, 0.15) is 43.0 Å². The normalized spacial score (nSPS) is 14.5. The minimum absolute atomic E-state index is 0.607.